The maximum atomic E-state index is 10.9. The Kier molecular flexibility index (Phi) is 5.75. The fraction of sp³-hybridized carbons (Fsp3) is 0.500. The van der Waals surface area contributed by atoms with Crippen LogP contribution in [0.5, 0.6) is 0 Å². The lowest BCUT2D eigenvalue weighted by molar-refractivity contribution is -0.384. The Morgan fingerprint density at radius 3 is 3.00 bits per heavy atom. The van der Waals surface area contributed by atoms with Crippen LogP contribution in [0.1, 0.15) is 44.1 Å². The largest absolute Gasteiger partial charge is 0.472 e. The molecule has 1 unspecified atom stereocenters. The number of allylic oxidation sites excluding steroid dienone is 1. The maximum Gasteiger partial charge on any atom is 0.269 e. The number of non-ortho nitro benzene ring substituents is 1. The number of hydrogen-bond donors (Lipinski definition) is 0. The van der Waals surface area contributed by atoms with Crippen molar-refractivity contribution in [1.82, 2.24) is 0 Å². The summed E-state index contributed by atoms with van der Waals surface area (Å²) < 4.78 is 11.0. The van der Waals surface area contributed by atoms with Gasteiger partial charge in [0.1, 0.15) is 0 Å². The van der Waals surface area contributed by atoms with Crippen molar-refractivity contribution in [1.29, 1.82) is 0 Å². The Labute approximate surface area is 124 Å². The lowest BCUT2D eigenvalue weighted by Crippen LogP contribution is -2.04. The Bertz CT molecular complexity index is 513. The smallest absolute Gasteiger partial charge is 0.269 e. The average molecular weight is 291 g/mol. The summed E-state index contributed by atoms with van der Waals surface area (Å²) in [5, 5.41) is 10.9. The molecule has 1 aromatic rings. The highest BCUT2D eigenvalue weighted by Gasteiger charge is 2.17. The third-order valence-electron chi connectivity index (χ3n) is 3.55. The van der Waals surface area contributed by atoms with Gasteiger partial charge in [0.15, 0.2) is 6.79 Å². The first-order valence-corrected chi connectivity index (χ1v) is 7.36. The second-order valence-corrected chi connectivity index (χ2v) is 5.18. The van der Waals surface area contributed by atoms with Gasteiger partial charge in [-0.3, -0.25) is 10.1 Å². The van der Waals surface area contributed by atoms with Gasteiger partial charge in [0.2, 0.25) is 0 Å². The summed E-state index contributed by atoms with van der Waals surface area (Å²) in [5.74, 6) is 0.932. The van der Waals surface area contributed by atoms with Crippen molar-refractivity contribution in [3.63, 3.8) is 0 Å². The van der Waals surface area contributed by atoms with Crippen LogP contribution in [-0.4, -0.2) is 18.3 Å². The first-order valence-electron chi connectivity index (χ1n) is 7.36. The van der Waals surface area contributed by atoms with Crippen molar-refractivity contribution < 1.29 is 14.4 Å². The van der Waals surface area contributed by atoms with Crippen molar-refractivity contribution in [3.05, 3.63) is 51.8 Å². The third-order valence-corrected chi connectivity index (χ3v) is 3.55. The molecule has 0 spiro atoms. The fourth-order valence-electron chi connectivity index (χ4n) is 2.38. The van der Waals surface area contributed by atoms with Crippen LogP contribution >= 0.6 is 0 Å². The summed E-state index contributed by atoms with van der Waals surface area (Å²) in [7, 11) is 0. The molecule has 1 aromatic carbocycles. The van der Waals surface area contributed by atoms with Gasteiger partial charge in [-0.25, -0.2) is 0 Å². The molecule has 0 amide bonds. The highest BCUT2D eigenvalue weighted by Crippen LogP contribution is 2.27. The van der Waals surface area contributed by atoms with E-state index in [-0.39, 0.29) is 23.3 Å². The quantitative estimate of drug-likeness (QED) is 0.449. The van der Waals surface area contributed by atoms with Gasteiger partial charge >= 0.3 is 0 Å². The maximum absolute atomic E-state index is 10.9. The van der Waals surface area contributed by atoms with Gasteiger partial charge in [0, 0.05) is 24.5 Å². The minimum absolute atomic E-state index is 0.00373. The molecule has 114 valence electrons. The van der Waals surface area contributed by atoms with Gasteiger partial charge in [-0.05, 0) is 18.1 Å². The minimum Gasteiger partial charge on any atom is -0.472 e. The molecule has 21 heavy (non-hydrogen) atoms. The van der Waals surface area contributed by atoms with Gasteiger partial charge < -0.3 is 9.47 Å². The van der Waals surface area contributed by atoms with Crippen LogP contribution in [0.15, 0.2) is 36.1 Å². The number of nitro groups is 1. The van der Waals surface area contributed by atoms with Crippen LogP contribution in [0, 0.1) is 10.1 Å². The van der Waals surface area contributed by atoms with Crippen molar-refractivity contribution in [3.8, 4) is 0 Å². The molecule has 1 atom stereocenters. The molecule has 0 radical (unpaired) electrons. The average Bonchev–Trinajstić information content (AvgIpc) is 2.73. The molecular formula is C16H21NO4. The Hall–Kier alpha value is -1.88. The zero-order valence-corrected chi connectivity index (χ0v) is 12.3. The van der Waals surface area contributed by atoms with Gasteiger partial charge in [-0.2, -0.15) is 0 Å². The SMILES string of the molecule is CCCCCC1=CC(c2cccc([N+](=O)[O-])c2)COCO1. The Balaban J connectivity index is 2.14. The first kappa shape index (κ1) is 15.5. The van der Waals surface area contributed by atoms with Gasteiger partial charge in [-0.15, -0.1) is 0 Å². The van der Waals surface area contributed by atoms with E-state index in [0.717, 1.165) is 30.6 Å². The molecule has 5 nitrogen and oxygen atoms in total. The van der Waals surface area contributed by atoms with Crippen LogP contribution in [-0.2, 0) is 9.47 Å². The van der Waals surface area contributed by atoms with E-state index in [2.05, 4.69) is 6.92 Å². The number of nitro benzene ring substituents is 1. The van der Waals surface area contributed by atoms with Gasteiger partial charge in [0.25, 0.3) is 5.69 Å². The molecule has 1 heterocycles. The van der Waals surface area contributed by atoms with E-state index in [1.165, 1.54) is 12.5 Å². The molecule has 1 aliphatic heterocycles. The predicted octanol–water partition coefficient (Wildman–Crippen LogP) is 4.15. The summed E-state index contributed by atoms with van der Waals surface area (Å²) >= 11 is 0. The third kappa shape index (κ3) is 4.56. The molecule has 0 aliphatic carbocycles. The second-order valence-electron chi connectivity index (χ2n) is 5.18. The molecular weight excluding hydrogens is 270 g/mol. The van der Waals surface area contributed by atoms with Crippen LogP contribution in [0.4, 0.5) is 5.69 Å². The van der Waals surface area contributed by atoms with Crippen molar-refractivity contribution >= 4 is 5.69 Å². The monoisotopic (exact) mass is 291 g/mol. The van der Waals surface area contributed by atoms with Crippen LogP contribution in [0.25, 0.3) is 0 Å². The Morgan fingerprint density at radius 2 is 2.24 bits per heavy atom. The number of benzene rings is 1. The van der Waals surface area contributed by atoms with Crippen LogP contribution in [0.2, 0.25) is 0 Å². The number of nitrogens with zero attached hydrogens (tertiary/aromatic N) is 1. The highest BCUT2D eigenvalue weighted by molar-refractivity contribution is 5.37. The number of rotatable bonds is 6. The summed E-state index contributed by atoms with van der Waals surface area (Å²) in [6.07, 6.45) is 6.36. The van der Waals surface area contributed by atoms with Crippen LogP contribution in [0.3, 0.4) is 0 Å². The number of hydrogen-bond acceptors (Lipinski definition) is 4. The Morgan fingerprint density at radius 1 is 1.38 bits per heavy atom. The minimum atomic E-state index is -0.372. The van der Waals surface area contributed by atoms with Crippen molar-refractivity contribution in [2.24, 2.45) is 0 Å². The van der Waals surface area contributed by atoms with E-state index in [9.17, 15) is 10.1 Å². The second kappa shape index (κ2) is 7.78. The molecule has 0 N–H and O–H groups in total. The van der Waals surface area contributed by atoms with Gasteiger partial charge in [0.05, 0.1) is 17.3 Å². The number of unbranched alkanes of at least 4 members (excludes halogenated alkanes) is 2. The summed E-state index contributed by atoms with van der Waals surface area (Å²) in [6, 6.07) is 6.72. The molecule has 2 rings (SSSR count). The molecule has 0 saturated carbocycles. The molecule has 0 bridgehead atoms. The lowest BCUT2D eigenvalue weighted by atomic mass is 9.97. The van der Waals surface area contributed by atoms with Gasteiger partial charge in [-0.1, -0.05) is 31.9 Å². The van der Waals surface area contributed by atoms with E-state index in [4.69, 9.17) is 9.47 Å². The lowest BCUT2D eigenvalue weighted by Gasteiger charge is -2.10. The topological polar surface area (TPSA) is 61.6 Å². The molecule has 5 heteroatoms. The zero-order chi connectivity index (χ0) is 15.1. The van der Waals surface area contributed by atoms with E-state index in [1.807, 2.05) is 12.1 Å². The molecule has 0 saturated heterocycles. The highest BCUT2D eigenvalue weighted by atomic mass is 16.7. The zero-order valence-electron chi connectivity index (χ0n) is 12.3. The molecule has 1 aliphatic rings. The van der Waals surface area contributed by atoms with E-state index in [0.29, 0.717) is 6.61 Å². The summed E-state index contributed by atoms with van der Waals surface area (Å²) in [5.41, 5.74) is 1.00. The van der Waals surface area contributed by atoms with E-state index in [1.54, 1.807) is 12.1 Å². The van der Waals surface area contributed by atoms with Crippen molar-refractivity contribution in [2.75, 3.05) is 13.4 Å². The summed E-state index contributed by atoms with van der Waals surface area (Å²) in [4.78, 5) is 10.5. The molecule has 0 aromatic heterocycles. The first-order chi connectivity index (χ1) is 10.2. The molecule has 0 fully saturated rings. The summed E-state index contributed by atoms with van der Waals surface area (Å²) in [6.45, 7) is 2.90. The normalized spacial score (nSPS) is 18.5. The standard InChI is InChI=1S/C16H21NO4/c1-2-3-4-8-16-10-14(11-20-12-21-16)13-6-5-7-15(9-13)17(18)19/h5-7,9-10,14H,2-4,8,11-12H2,1H3. The fourth-order valence-corrected chi connectivity index (χ4v) is 2.38. The number of ether oxygens (including phenoxy) is 2. The van der Waals surface area contributed by atoms with E-state index >= 15 is 0 Å². The van der Waals surface area contributed by atoms with E-state index < -0.39 is 0 Å². The van der Waals surface area contributed by atoms with Crippen molar-refractivity contribution in [2.45, 2.75) is 38.5 Å². The van der Waals surface area contributed by atoms with Crippen LogP contribution < -0.4 is 0 Å². The predicted molar refractivity (Wildman–Crippen MR) is 80.0 cm³/mol.